The van der Waals surface area contributed by atoms with Gasteiger partial charge in [0.25, 0.3) is 0 Å². The van der Waals surface area contributed by atoms with E-state index in [0.29, 0.717) is 24.3 Å². The van der Waals surface area contributed by atoms with Crippen LogP contribution in [-0.2, 0) is 9.84 Å². The van der Waals surface area contributed by atoms with Crippen LogP contribution in [0.3, 0.4) is 0 Å². The number of sulfone groups is 1. The van der Waals surface area contributed by atoms with E-state index in [4.69, 9.17) is 0 Å². The summed E-state index contributed by atoms with van der Waals surface area (Å²) in [5.74, 6) is 0.596. The molecule has 1 saturated heterocycles. The first-order valence-corrected chi connectivity index (χ1v) is 7.46. The van der Waals surface area contributed by atoms with E-state index in [9.17, 15) is 13.5 Å². The van der Waals surface area contributed by atoms with Crippen LogP contribution < -0.4 is 5.32 Å². The molecule has 0 amide bonds. The Labute approximate surface area is 91.0 Å². The first kappa shape index (κ1) is 11.4. The van der Waals surface area contributed by atoms with Gasteiger partial charge in [-0.25, -0.2) is 8.42 Å². The van der Waals surface area contributed by atoms with Crippen molar-refractivity contribution in [3.63, 3.8) is 0 Å². The molecule has 1 saturated carbocycles. The maximum absolute atomic E-state index is 11.2. The van der Waals surface area contributed by atoms with Crippen LogP contribution in [-0.4, -0.2) is 43.2 Å². The van der Waals surface area contributed by atoms with Crippen LogP contribution in [0.15, 0.2) is 0 Å². The summed E-state index contributed by atoms with van der Waals surface area (Å²) in [6, 6.07) is 0.279. The lowest BCUT2D eigenvalue weighted by Crippen LogP contribution is -2.58. The first-order valence-electron chi connectivity index (χ1n) is 5.64. The van der Waals surface area contributed by atoms with E-state index >= 15 is 0 Å². The fraction of sp³-hybridized carbons (Fsp3) is 1.00. The van der Waals surface area contributed by atoms with E-state index in [2.05, 4.69) is 5.32 Å². The second-order valence-electron chi connectivity index (χ2n) is 4.86. The quantitative estimate of drug-likeness (QED) is 0.724. The molecule has 1 heterocycles. The van der Waals surface area contributed by atoms with Crippen molar-refractivity contribution in [2.45, 2.75) is 43.7 Å². The van der Waals surface area contributed by atoms with Crippen molar-refractivity contribution in [3.05, 3.63) is 0 Å². The highest BCUT2D eigenvalue weighted by molar-refractivity contribution is 7.91. The van der Waals surface area contributed by atoms with Crippen molar-refractivity contribution >= 4 is 9.84 Å². The van der Waals surface area contributed by atoms with E-state index < -0.39 is 9.84 Å². The van der Waals surface area contributed by atoms with Crippen LogP contribution in [0.2, 0.25) is 0 Å². The lowest BCUT2D eigenvalue weighted by atomic mass is 9.76. The predicted molar refractivity (Wildman–Crippen MR) is 58.5 cm³/mol. The van der Waals surface area contributed by atoms with Gasteiger partial charge in [-0.1, -0.05) is 0 Å². The van der Waals surface area contributed by atoms with Gasteiger partial charge in [0.05, 0.1) is 18.1 Å². The van der Waals surface area contributed by atoms with Crippen molar-refractivity contribution in [1.82, 2.24) is 5.32 Å². The molecule has 15 heavy (non-hydrogen) atoms. The summed E-state index contributed by atoms with van der Waals surface area (Å²) in [6.45, 7) is 0.177. The molecule has 2 aliphatic rings. The average Bonchev–Trinajstić information content (AvgIpc) is 2.14. The Balaban J connectivity index is 1.86. The molecule has 1 aliphatic carbocycles. The van der Waals surface area contributed by atoms with Gasteiger partial charge in [0.2, 0.25) is 0 Å². The van der Waals surface area contributed by atoms with Gasteiger partial charge in [-0.2, -0.15) is 0 Å². The van der Waals surface area contributed by atoms with Crippen LogP contribution in [0.25, 0.3) is 0 Å². The maximum atomic E-state index is 11.2. The zero-order valence-corrected chi connectivity index (χ0v) is 9.72. The van der Waals surface area contributed by atoms with Crippen LogP contribution >= 0.6 is 0 Å². The van der Waals surface area contributed by atoms with E-state index in [1.54, 1.807) is 0 Å². The summed E-state index contributed by atoms with van der Waals surface area (Å²) >= 11 is 0. The van der Waals surface area contributed by atoms with E-state index in [0.717, 1.165) is 12.8 Å². The lowest BCUT2D eigenvalue weighted by Gasteiger charge is -2.44. The van der Waals surface area contributed by atoms with Gasteiger partial charge >= 0.3 is 0 Å². The van der Waals surface area contributed by atoms with E-state index in [1.165, 1.54) is 6.42 Å². The summed E-state index contributed by atoms with van der Waals surface area (Å²) in [4.78, 5) is 0. The minimum Gasteiger partial charge on any atom is -0.394 e. The van der Waals surface area contributed by atoms with Crippen LogP contribution in [0.1, 0.15) is 32.1 Å². The van der Waals surface area contributed by atoms with Gasteiger partial charge in [-0.15, -0.1) is 0 Å². The number of hydrogen-bond acceptors (Lipinski definition) is 4. The summed E-state index contributed by atoms with van der Waals surface area (Å²) < 4.78 is 22.5. The molecular weight excluding hydrogens is 214 g/mol. The molecule has 0 bridgehead atoms. The molecule has 0 atom stereocenters. The molecule has 4 nitrogen and oxygen atoms in total. The molecule has 2 N–H and O–H groups in total. The van der Waals surface area contributed by atoms with Crippen molar-refractivity contribution in [2.24, 2.45) is 0 Å². The minimum absolute atomic E-state index is 0.0915. The largest absolute Gasteiger partial charge is 0.394 e. The monoisotopic (exact) mass is 233 g/mol. The Kier molecular flexibility index (Phi) is 3.05. The van der Waals surface area contributed by atoms with Gasteiger partial charge in [-0.05, 0) is 32.1 Å². The second kappa shape index (κ2) is 4.03. The molecule has 2 fully saturated rings. The number of nitrogens with one attached hydrogen (secondary N) is 1. The third kappa shape index (κ3) is 2.52. The highest BCUT2D eigenvalue weighted by Gasteiger charge is 2.38. The van der Waals surface area contributed by atoms with E-state index in [1.807, 2.05) is 0 Å². The molecule has 0 radical (unpaired) electrons. The van der Waals surface area contributed by atoms with Gasteiger partial charge in [0, 0.05) is 11.6 Å². The Hall–Kier alpha value is -0.130. The maximum Gasteiger partial charge on any atom is 0.150 e. The number of aliphatic hydroxyl groups excluding tert-OH is 1. The molecule has 2 rings (SSSR count). The Bertz CT molecular complexity index is 302. The normalized spacial score (nSPS) is 29.7. The SMILES string of the molecule is O=S1(=O)CCC(NC2(CO)CCC2)CC1. The molecular formula is C10H19NO3S. The number of rotatable bonds is 3. The fourth-order valence-corrected chi connectivity index (χ4v) is 3.91. The summed E-state index contributed by atoms with van der Waals surface area (Å²) in [6.07, 6.45) is 4.60. The van der Waals surface area contributed by atoms with Gasteiger partial charge in [0.1, 0.15) is 9.84 Å². The van der Waals surface area contributed by atoms with E-state index in [-0.39, 0.29) is 18.2 Å². The van der Waals surface area contributed by atoms with Gasteiger partial charge < -0.3 is 10.4 Å². The molecule has 5 heteroatoms. The van der Waals surface area contributed by atoms with Crippen molar-refractivity contribution in [3.8, 4) is 0 Å². The number of aliphatic hydroxyl groups is 1. The Morgan fingerprint density at radius 3 is 2.27 bits per heavy atom. The standard InChI is InChI=1S/C10H19NO3S/c12-8-10(4-1-5-10)11-9-2-6-15(13,14)7-3-9/h9,11-12H,1-8H2. The third-order valence-electron chi connectivity index (χ3n) is 3.68. The minimum atomic E-state index is -2.77. The van der Waals surface area contributed by atoms with Gasteiger partial charge in [0.15, 0.2) is 0 Å². The Morgan fingerprint density at radius 1 is 1.27 bits per heavy atom. The summed E-state index contributed by atoms with van der Waals surface area (Å²) in [7, 11) is -2.77. The average molecular weight is 233 g/mol. The molecule has 0 unspecified atom stereocenters. The molecule has 0 aromatic heterocycles. The lowest BCUT2D eigenvalue weighted by molar-refractivity contribution is 0.0750. The fourth-order valence-electron chi connectivity index (χ4n) is 2.42. The summed E-state index contributed by atoms with van der Waals surface area (Å²) in [5.41, 5.74) is -0.0915. The molecule has 0 aromatic rings. The first-order chi connectivity index (χ1) is 7.05. The molecule has 0 aromatic carbocycles. The highest BCUT2D eigenvalue weighted by atomic mass is 32.2. The third-order valence-corrected chi connectivity index (χ3v) is 5.39. The molecule has 1 aliphatic heterocycles. The zero-order chi connectivity index (χ0) is 10.9. The molecule has 0 spiro atoms. The second-order valence-corrected chi connectivity index (χ2v) is 7.17. The summed E-state index contributed by atoms with van der Waals surface area (Å²) in [5, 5.41) is 12.7. The van der Waals surface area contributed by atoms with Crippen LogP contribution in [0.5, 0.6) is 0 Å². The smallest absolute Gasteiger partial charge is 0.150 e. The highest BCUT2D eigenvalue weighted by Crippen LogP contribution is 2.32. The van der Waals surface area contributed by atoms with Crippen LogP contribution in [0, 0.1) is 0 Å². The topological polar surface area (TPSA) is 66.4 Å². The van der Waals surface area contributed by atoms with Crippen molar-refractivity contribution in [1.29, 1.82) is 0 Å². The number of hydrogen-bond donors (Lipinski definition) is 2. The van der Waals surface area contributed by atoms with Crippen LogP contribution in [0.4, 0.5) is 0 Å². The Morgan fingerprint density at radius 2 is 1.87 bits per heavy atom. The molecule has 88 valence electrons. The predicted octanol–water partition coefficient (Wildman–Crippen LogP) is 0.0682. The van der Waals surface area contributed by atoms with Gasteiger partial charge in [-0.3, -0.25) is 0 Å². The zero-order valence-electron chi connectivity index (χ0n) is 8.91. The van der Waals surface area contributed by atoms with Crippen molar-refractivity contribution < 1.29 is 13.5 Å². The van der Waals surface area contributed by atoms with Crippen molar-refractivity contribution in [2.75, 3.05) is 18.1 Å².